The lowest BCUT2D eigenvalue weighted by molar-refractivity contribution is -0.0355. The maximum atomic E-state index is 12.2. The number of ether oxygens (including phenoxy) is 2. The predicted octanol–water partition coefficient (Wildman–Crippen LogP) is 1.04. The molecule has 2 saturated heterocycles. The van der Waals surface area contributed by atoms with E-state index in [0.717, 1.165) is 0 Å². The zero-order chi connectivity index (χ0) is 26.2. The first kappa shape index (κ1) is 29.7. The van der Waals surface area contributed by atoms with Crippen LogP contribution < -0.4 is 22.7 Å². The smallest absolute Gasteiger partial charge is 0.351 e. The first-order chi connectivity index (χ1) is 17.0. The Morgan fingerprint density at radius 2 is 1.92 bits per heavy atom. The number of H-pyrrole nitrogens is 1. The zero-order valence-corrected chi connectivity index (χ0v) is 23.3. The standard InChI is InChI=1S/C21H30N5O8PS.H2S/c1-4-13-14(8-18(32-13)25-6-5-16(22)23-20(25)28)34-35(30,36)31-10-15-11(2)7-17(33-15)26-9-12(3)19(27)24-21(26)29;/h5-6,9,11,13-15,17-18H,4,7-8,10H2,1-3H3,(H,30,36)(H2,22,23,28)(H,24,27,29);1H2/t11-,13+,14-,15+,17+,18+,35?;/m0./s1. The van der Waals surface area contributed by atoms with E-state index in [1.807, 2.05) is 13.8 Å². The first-order valence-corrected chi connectivity index (χ1v) is 14.2. The molecule has 37 heavy (non-hydrogen) atoms. The first-order valence-electron chi connectivity index (χ1n) is 11.6. The number of aromatic nitrogens is 4. The highest BCUT2D eigenvalue weighted by atomic mass is 32.5. The maximum Gasteiger partial charge on any atom is 0.351 e. The lowest BCUT2D eigenvalue weighted by Gasteiger charge is -2.24. The molecule has 4 heterocycles. The van der Waals surface area contributed by atoms with Crippen LogP contribution in [0.4, 0.5) is 5.82 Å². The largest absolute Gasteiger partial charge is 0.383 e. The van der Waals surface area contributed by atoms with Gasteiger partial charge >= 0.3 is 18.1 Å². The zero-order valence-electron chi connectivity index (χ0n) is 20.6. The highest BCUT2D eigenvalue weighted by Crippen LogP contribution is 2.49. The summed E-state index contributed by atoms with van der Waals surface area (Å²) in [6, 6.07) is 1.50. The van der Waals surface area contributed by atoms with Crippen LogP contribution in [-0.4, -0.2) is 48.9 Å². The molecule has 0 amide bonds. The second-order valence-corrected chi connectivity index (χ2v) is 11.8. The van der Waals surface area contributed by atoms with Crippen molar-refractivity contribution in [2.45, 2.75) is 70.8 Å². The van der Waals surface area contributed by atoms with E-state index >= 15 is 0 Å². The summed E-state index contributed by atoms with van der Waals surface area (Å²) in [6.07, 6.45) is 1.59. The van der Waals surface area contributed by atoms with Gasteiger partial charge in [0.2, 0.25) is 0 Å². The van der Waals surface area contributed by atoms with E-state index in [0.29, 0.717) is 18.4 Å². The number of nitrogens with zero attached hydrogens (tertiary/aromatic N) is 3. The third-order valence-electron chi connectivity index (χ3n) is 6.41. The molecule has 0 aliphatic carbocycles. The quantitative estimate of drug-likeness (QED) is 0.383. The van der Waals surface area contributed by atoms with Crippen LogP contribution in [0.25, 0.3) is 0 Å². The molecule has 2 fully saturated rings. The van der Waals surface area contributed by atoms with Crippen molar-refractivity contribution in [3.05, 3.63) is 55.3 Å². The number of nitrogens with one attached hydrogen (secondary N) is 1. The van der Waals surface area contributed by atoms with Gasteiger partial charge in [0.05, 0.1) is 24.9 Å². The third-order valence-corrected chi connectivity index (χ3v) is 8.00. The minimum atomic E-state index is -3.69. The molecule has 0 saturated carbocycles. The Kier molecular flexibility index (Phi) is 9.56. The van der Waals surface area contributed by atoms with E-state index in [4.69, 9.17) is 36.1 Å². The van der Waals surface area contributed by atoms with Gasteiger partial charge in [0.1, 0.15) is 18.3 Å². The normalized spacial score (nSPS) is 29.1. The van der Waals surface area contributed by atoms with Gasteiger partial charge in [0, 0.05) is 24.4 Å². The molecule has 2 aromatic heterocycles. The second kappa shape index (κ2) is 11.9. The van der Waals surface area contributed by atoms with Crippen molar-refractivity contribution in [3.8, 4) is 0 Å². The summed E-state index contributed by atoms with van der Waals surface area (Å²) in [6.45, 7) is 1.69. The van der Waals surface area contributed by atoms with Gasteiger partial charge in [-0.2, -0.15) is 18.5 Å². The van der Waals surface area contributed by atoms with Crippen LogP contribution in [-0.2, 0) is 30.3 Å². The van der Waals surface area contributed by atoms with Crippen molar-refractivity contribution < 1.29 is 23.4 Å². The summed E-state index contributed by atoms with van der Waals surface area (Å²) in [5.41, 5.74) is 4.40. The van der Waals surface area contributed by atoms with Crippen LogP contribution >= 0.6 is 20.2 Å². The minimum absolute atomic E-state index is 0. The molecule has 2 aromatic rings. The van der Waals surface area contributed by atoms with Gasteiger partial charge in [-0.1, -0.05) is 13.8 Å². The fourth-order valence-electron chi connectivity index (χ4n) is 4.40. The molecule has 1 unspecified atom stereocenters. The van der Waals surface area contributed by atoms with Crippen LogP contribution in [0.2, 0.25) is 0 Å². The molecule has 0 radical (unpaired) electrons. The van der Waals surface area contributed by atoms with Crippen molar-refractivity contribution in [1.82, 2.24) is 19.1 Å². The van der Waals surface area contributed by atoms with E-state index in [1.165, 1.54) is 27.6 Å². The molecule has 0 spiro atoms. The fourth-order valence-corrected chi connectivity index (χ4v) is 5.88. The SMILES string of the molecule is CC[C@H]1O[C@@H](n2ccc(N)nc2=O)C[C@@H]1OP(O)(=S)OC[C@H]1O[C@@H](n2cc(C)c(=O)[nH]c2=O)C[C@@H]1C.S. The summed E-state index contributed by atoms with van der Waals surface area (Å²) in [5.74, 6) is 0.0936. The summed E-state index contributed by atoms with van der Waals surface area (Å²) in [4.78, 5) is 52.8. The Hall–Kier alpha value is -1.84. The fraction of sp³-hybridized carbons (Fsp3) is 0.619. The van der Waals surface area contributed by atoms with Gasteiger partial charge in [0.15, 0.2) is 0 Å². The highest BCUT2D eigenvalue weighted by molar-refractivity contribution is 8.07. The number of hydrogen-bond acceptors (Lipinski definition) is 10. The van der Waals surface area contributed by atoms with Crippen molar-refractivity contribution in [2.75, 3.05) is 12.3 Å². The topological polar surface area (TPSA) is 173 Å². The van der Waals surface area contributed by atoms with Gasteiger partial charge in [-0.15, -0.1) is 0 Å². The van der Waals surface area contributed by atoms with Crippen LogP contribution in [0.5, 0.6) is 0 Å². The van der Waals surface area contributed by atoms with Crippen molar-refractivity contribution >= 4 is 37.8 Å². The van der Waals surface area contributed by atoms with Gasteiger partial charge in [-0.05, 0) is 43.6 Å². The molecular formula is C21H32N5O8PS2. The molecule has 0 aromatic carbocycles. The molecule has 206 valence electrons. The van der Waals surface area contributed by atoms with Crippen molar-refractivity contribution in [3.63, 3.8) is 0 Å². The van der Waals surface area contributed by atoms with E-state index in [1.54, 1.807) is 6.92 Å². The average Bonchev–Trinajstić information content (AvgIpc) is 3.37. The van der Waals surface area contributed by atoms with E-state index in [2.05, 4.69) is 9.97 Å². The Bertz CT molecular complexity index is 1330. The van der Waals surface area contributed by atoms with Crippen LogP contribution in [0.3, 0.4) is 0 Å². The lowest BCUT2D eigenvalue weighted by Crippen LogP contribution is -2.33. The monoisotopic (exact) mass is 577 g/mol. The molecular weight excluding hydrogens is 545 g/mol. The van der Waals surface area contributed by atoms with E-state index < -0.39 is 54.4 Å². The molecule has 7 atom stereocenters. The number of hydrogen-bond donors (Lipinski definition) is 3. The van der Waals surface area contributed by atoms with Crippen molar-refractivity contribution in [2.24, 2.45) is 5.92 Å². The van der Waals surface area contributed by atoms with Gasteiger partial charge in [0.25, 0.3) is 5.56 Å². The molecule has 2 aliphatic heterocycles. The summed E-state index contributed by atoms with van der Waals surface area (Å²) in [7, 11) is 0. The summed E-state index contributed by atoms with van der Waals surface area (Å²) < 4.78 is 26.0. The predicted molar refractivity (Wildman–Crippen MR) is 143 cm³/mol. The second-order valence-electron chi connectivity index (χ2n) is 9.04. The molecule has 2 aliphatic rings. The third kappa shape index (κ3) is 6.79. The number of anilines is 1. The highest BCUT2D eigenvalue weighted by Gasteiger charge is 2.41. The lowest BCUT2D eigenvalue weighted by atomic mass is 10.0. The molecule has 4 N–H and O–H groups in total. The molecule has 16 heteroatoms. The Morgan fingerprint density at radius 3 is 2.59 bits per heavy atom. The number of aromatic amines is 1. The summed E-state index contributed by atoms with van der Waals surface area (Å²) >= 11 is 5.25. The molecule has 0 bridgehead atoms. The summed E-state index contributed by atoms with van der Waals surface area (Å²) in [5, 5.41) is 0. The number of aryl methyl sites for hydroxylation is 1. The Balaban J connectivity index is 0.00000380. The molecule has 4 rings (SSSR count). The Morgan fingerprint density at radius 1 is 1.24 bits per heavy atom. The number of nitrogen functional groups attached to an aromatic ring is 1. The van der Waals surface area contributed by atoms with E-state index in [-0.39, 0.29) is 38.3 Å². The number of nitrogens with two attached hydrogens (primary N) is 1. The molecule has 13 nitrogen and oxygen atoms in total. The van der Waals surface area contributed by atoms with Gasteiger partial charge in [-0.25, -0.2) is 9.59 Å². The van der Waals surface area contributed by atoms with Gasteiger partial charge < -0.3 is 29.1 Å². The number of rotatable bonds is 8. The van der Waals surface area contributed by atoms with Crippen molar-refractivity contribution in [1.29, 1.82) is 0 Å². The Labute approximate surface area is 224 Å². The average molecular weight is 578 g/mol. The van der Waals surface area contributed by atoms with Gasteiger partial charge in [-0.3, -0.25) is 18.9 Å². The minimum Gasteiger partial charge on any atom is -0.383 e. The van der Waals surface area contributed by atoms with Crippen LogP contribution in [0.15, 0.2) is 32.8 Å². The van der Waals surface area contributed by atoms with E-state index in [9.17, 15) is 19.3 Å². The maximum absolute atomic E-state index is 12.2. The van der Waals surface area contributed by atoms with Crippen LogP contribution in [0, 0.1) is 12.8 Å². The van der Waals surface area contributed by atoms with Crippen LogP contribution in [0.1, 0.15) is 51.1 Å².